The van der Waals surface area contributed by atoms with Crippen LogP contribution in [0.25, 0.3) is 0 Å². The Balaban J connectivity index is 3.04. The van der Waals surface area contributed by atoms with Gasteiger partial charge in [-0.2, -0.15) is 4.98 Å². The highest BCUT2D eigenvalue weighted by Gasteiger charge is 2.13. The van der Waals surface area contributed by atoms with Gasteiger partial charge in [-0.15, -0.1) is 0 Å². The summed E-state index contributed by atoms with van der Waals surface area (Å²) in [5, 5.41) is 8.76. The Morgan fingerprint density at radius 3 is 2.75 bits per heavy atom. The molecular formula is C11H16N2O3. The molecule has 5 nitrogen and oxygen atoms in total. The van der Waals surface area contributed by atoms with Crippen molar-refractivity contribution >= 4 is 5.97 Å². The molecule has 0 unspecified atom stereocenters. The van der Waals surface area contributed by atoms with Crippen LogP contribution in [0.4, 0.5) is 0 Å². The van der Waals surface area contributed by atoms with Crippen molar-refractivity contribution < 1.29 is 14.6 Å². The van der Waals surface area contributed by atoms with Gasteiger partial charge < -0.3 is 9.84 Å². The Morgan fingerprint density at radius 2 is 2.25 bits per heavy atom. The molecule has 1 heterocycles. The Labute approximate surface area is 94.5 Å². The topological polar surface area (TPSA) is 72.3 Å². The summed E-state index contributed by atoms with van der Waals surface area (Å²) < 4.78 is 5.19. The second kappa shape index (κ2) is 5.44. The molecule has 0 aromatic carbocycles. The van der Waals surface area contributed by atoms with Crippen molar-refractivity contribution in [3.8, 4) is 6.01 Å². The molecule has 0 atom stereocenters. The number of carboxylic acids is 1. The van der Waals surface area contributed by atoms with E-state index in [0.29, 0.717) is 18.2 Å². The van der Waals surface area contributed by atoms with Crippen LogP contribution in [0.5, 0.6) is 6.01 Å². The third-order valence-electron chi connectivity index (χ3n) is 2.04. The number of rotatable bonds is 5. The van der Waals surface area contributed by atoms with Gasteiger partial charge in [0.25, 0.3) is 0 Å². The average Bonchev–Trinajstić information content (AvgIpc) is 2.19. The molecule has 0 bridgehead atoms. The van der Waals surface area contributed by atoms with Crippen molar-refractivity contribution in [1.29, 1.82) is 0 Å². The van der Waals surface area contributed by atoms with Crippen LogP contribution in [-0.2, 0) is 11.2 Å². The maximum absolute atomic E-state index is 10.7. The highest BCUT2D eigenvalue weighted by atomic mass is 16.5. The molecule has 0 aliphatic carbocycles. The summed E-state index contributed by atoms with van der Waals surface area (Å²) in [7, 11) is 0. The van der Waals surface area contributed by atoms with E-state index in [-0.39, 0.29) is 12.3 Å². The zero-order valence-corrected chi connectivity index (χ0v) is 9.73. The van der Waals surface area contributed by atoms with Gasteiger partial charge in [-0.3, -0.25) is 4.79 Å². The predicted octanol–water partition coefficient (Wildman–Crippen LogP) is 1.63. The van der Waals surface area contributed by atoms with E-state index in [9.17, 15) is 4.79 Å². The largest absolute Gasteiger partial charge is 0.481 e. The molecule has 0 fully saturated rings. The van der Waals surface area contributed by atoms with E-state index in [1.807, 2.05) is 20.8 Å². The summed E-state index contributed by atoms with van der Waals surface area (Å²) in [6, 6.07) is 0.306. The first-order valence-corrected chi connectivity index (χ1v) is 5.25. The van der Waals surface area contributed by atoms with Gasteiger partial charge in [0.05, 0.1) is 18.7 Å². The van der Waals surface area contributed by atoms with Gasteiger partial charge in [0, 0.05) is 11.8 Å². The van der Waals surface area contributed by atoms with Crippen molar-refractivity contribution in [2.45, 2.75) is 33.1 Å². The molecule has 1 N–H and O–H groups in total. The zero-order chi connectivity index (χ0) is 12.1. The minimum atomic E-state index is -0.880. The standard InChI is InChI=1S/C11H16N2O3/c1-4-16-11-12-6-8(5-9(14)15)10(13-11)7(2)3/h6-7H,4-5H2,1-3H3,(H,14,15). The van der Waals surface area contributed by atoms with Gasteiger partial charge >= 0.3 is 12.0 Å². The number of hydrogen-bond acceptors (Lipinski definition) is 4. The van der Waals surface area contributed by atoms with Crippen LogP contribution in [0.3, 0.4) is 0 Å². The van der Waals surface area contributed by atoms with Crippen molar-refractivity contribution in [3.63, 3.8) is 0 Å². The number of hydrogen-bond donors (Lipinski definition) is 1. The number of aliphatic carboxylic acids is 1. The zero-order valence-electron chi connectivity index (χ0n) is 9.73. The van der Waals surface area contributed by atoms with Crippen LogP contribution in [0.15, 0.2) is 6.20 Å². The minimum Gasteiger partial charge on any atom is -0.481 e. The summed E-state index contributed by atoms with van der Waals surface area (Å²) in [6.45, 7) is 6.27. The maximum atomic E-state index is 10.7. The monoisotopic (exact) mass is 224 g/mol. The Kier molecular flexibility index (Phi) is 4.22. The lowest BCUT2D eigenvalue weighted by Gasteiger charge is -2.11. The molecule has 0 aliphatic rings. The van der Waals surface area contributed by atoms with Crippen LogP contribution in [0.1, 0.15) is 37.9 Å². The summed E-state index contributed by atoms with van der Waals surface area (Å²) in [6.07, 6.45) is 1.47. The lowest BCUT2D eigenvalue weighted by Crippen LogP contribution is -2.09. The molecule has 0 spiro atoms. The first kappa shape index (κ1) is 12.4. The van der Waals surface area contributed by atoms with Crippen molar-refractivity contribution in [1.82, 2.24) is 9.97 Å². The normalized spacial score (nSPS) is 10.5. The lowest BCUT2D eigenvalue weighted by atomic mass is 10.0. The summed E-state index contributed by atoms with van der Waals surface area (Å²) >= 11 is 0. The number of aromatic nitrogens is 2. The predicted molar refractivity (Wildman–Crippen MR) is 58.6 cm³/mol. The fourth-order valence-electron chi connectivity index (χ4n) is 1.40. The lowest BCUT2D eigenvalue weighted by molar-refractivity contribution is -0.136. The van der Waals surface area contributed by atoms with Crippen molar-refractivity contribution in [2.75, 3.05) is 6.61 Å². The highest BCUT2D eigenvalue weighted by molar-refractivity contribution is 5.70. The van der Waals surface area contributed by atoms with E-state index >= 15 is 0 Å². The third-order valence-corrected chi connectivity index (χ3v) is 2.04. The molecule has 0 aliphatic heterocycles. The van der Waals surface area contributed by atoms with Crippen LogP contribution in [0.2, 0.25) is 0 Å². The Bertz CT molecular complexity index is 377. The van der Waals surface area contributed by atoms with Gasteiger partial charge in [-0.25, -0.2) is 4.98 Å². The van der Waals surface area contributed by atoms with E-state index in [1.165, 1.54) is 6.20 Å². The summed E-state index contributed by atoms with van der Waals surface area (Å²) in [4.78, 5) is 18.9. The van der Waals surface area contributed by atoms with Crippen molar-refractivity contribution in [3.05, 3.63) is 17.5 Å². The maximum Gasteiger partial charge on any atom is 0.316 e. The molecule has 5 heteroatoms. The van der Waals surface area contributed by atoms with E-state index in [0.717, 1.165) is 5.69 Å². The first-order valence-electron chi connectivity index (χ1n) is 5.25. The van der Waals surface area contributed by atoms with Gasteiger partial charge in [0.1, 0.15) is 0 Å². The van der Waals surface area contributed by atoms with Gasteiger partial charge in [-0.05, 0) is 12.8 Å². The molecule has 1 rings (SSSR count). The molecule has 0 amide bonds. The Morgan fingerprint density at radius 1 is 1.56 bits per heavy atom. The minimum absolute atomic E-state index is 0.0556. The molecule has 88 valence electrons. The van der Waals surface area contributed by atoms with Crippen LogP contribution in [0, 0.1) is 0 Å². The van der Waals surface area contributed by atoms with Gasteiger partial charge in [0.15, 0.2) is 0 Å². The summed E-state index contributed by atoms with van der Waals surface area (Å²) in [5.74, 6) is -0.730. The van der Waals surface area contributed by atoms with Crippen LogP contribution >= 0.6 is 0 Å². The quantitative estimate of drug-likeness (QED) is 0.822. The average molecular weight is 224 g/mol. The SMILES string of the molecule is CCOc1ncc(CC(=O)O)c(C(C)C)n1. The molecule has 1 aromatic rings. The molecule has 0 saturated heterocycles. The van der Waals surface area contributed by atoms with E-state index in [1.54, 1.807) is 0 Å². The van der Waals surface area contributed by atoms with E-state index in [2.05, 4.69) is 9.97 Å². The number of carboxylic acid groups (broad SMARTS) is 1. The fraction of sp³-hybridized carbons (Fsp3) is 0.545. The number of nitrogens with zero attached hydrogens (tertiary/aromatic N) is 2. The van der Waals surface area contributed by atoms with Gasteiger partial charge in [0.2, 0.25) is 0 Å². The second-order valence-corrected chi connectivity index (χ2v) is 3.72. The first-order chi connectivity index (χ1) is 7.54. The highest BCUT2D eigenvalue weighted by Crippen LogP contribution is 2.19. The van der Waals surface area contributed by atoms with Gasteiger partial charge in [-0.1, -0.05) is 13.8 Å². The Hall–Kier alpha value is -1.65. The van der Waals surface area contributed by atoms with E-state index < -0.39 is 5.97 Å². The second-order valence-electron chi connectivity index (χ2n) is 3.72. The molecule has 0 radical (unpaired) electrons. The van der Waals surface area contributed by atoms with Crippen LogP contribution < -0.4 is 4.74 Å². The summed E-state index contributed by atoms with van der Waals surface area (Å²) in [5.41, 5.74) is 1.38. The molecule has 1 aromatic heterocycles. The van der Waals surface area contributed by atoms with Crippen LogP contribution in [-0.4, -0.2) is 27.7 Å². The molecule has 16 heavy (non-hydrogen) atoms. The smallest absolute Gasteiger partial charge is 0.316 e. The fourth-order valence-corrected chi connectivity index (χ4v) is 1.40. The van der Waals surface area contributed by atoms with E-state index in [4.69, 9.17) is 9.84 Å². The van der Waals surface area contributed by atoms with Crippen molar-refractivity contribution in [2.24, 2.45) is 0 Å². The molecule has 0 saturated carbocycles. The number of ether oxygens (including phenoxy) is 1. The molecular weight excluding hydrogens is 208 g/mol. The third kappa shape index (κ3) is 3.18. The number of carbonyl (C=O) groups is 1.